The van der Waals surface area contributed by atoms with Gasteiger partial charge in [-0.05, 0) is 26.8 Å². The number of esters is 1. The van der Waals surface area contributed by atoms with Crippen molar-refractivity contribution in [2.24, 2.45) is 5.41 Å². The minimum absolute atomic E-state index is 0.0165. The summed E-state index contributed by atoms with van der Waals surface area (Å²) < 4.78 is 34.3. The van der Waals surface area contributed by atoms with Gasteiger partial charge in [0.05, 0.1) is 42.7 Å². The van der Waals surface area contributed by atoms with E-state index in [1.165, 1.54) is 17.7 Å². The Morgan fingerprint density at radius 1 is 1.32 bits per heavy atom. The number of sulfonamides is 1. The fraction of sp³-hybridized carbons (Fsp3) is 0.500. The molecule has 4 heterocycles. The summed E-state index contributed by atoms with van der Waals surface area (Å²) in [7, 11) is -1.96. The van der Waals surface area contributed by atoms with Crippen LogP contribution in [-0.4, -0.2) is 69.0 Å². The molecule has 0 atom stereocenters. The molecule has 3 aromatic rings. The molecule has 0 spiro atoms. The Kier molecular flexibility index (Phi) is 5.95. The summed E-state index contributed by atoms with van der Waals surface area (Å²) in [4.78, 5) is 21.0. The number of nitrogens with zero attached hydrogens (tertiary/aromatic N) is 7. The van der Waals surface area contributed by atoms with Crippen molar-refractivity contribution in [3.63, 3.8) is 0 Å². The molecule has 0 aliphatic carbocycles. The van der Waals surface area contributed by atoms with Crippen molar-refractivity contribution in [2.45, 2.75) is 39.3 Å². The van der Waals surface area contributed by atoms with Gasteiger partial charge in [-0.15, -0.1) is 0 Å². The van der Waals surface area contributed by atoms with Crippen LogP contribution in [-0.2, 0) is 31.6 Å². The van der Waals surface area contributed by atoms with Crippen molar-refractivity contribution in [1.29, 1.82) is 5.26 Å². The van der Waals surface area contributed by atoms with Crippen molar-refractivity contribution >= 4 is 27.0 Å². The van der Waals surface area contributed by atoms with E-state index in [2.05, 4.69) is 21.1 Å². The first-order chi connectivity index (χ1) is 16.1. The molecule has 4 rings (SSSR count). The molecule has 0 N–H and O–H groups in total. The van der Waals surface area contributed by atoms with Gasteiger partial charge in [-0.1, -0.05) is 0 Å². The largest absolute Gasteiger partial charge is 0.469 e. The van der Waals surface area contributed by atoms with Crippen molar-refractivity contribution in [1.82, 2.24) is 28.6 Å². The lowest BCUT2D eigenvalue weighted by Crippen LogP contribution is -2.64. The van der Waals surface area contributed by atoms with Crippen LogP contribution in [0.25, 0.3) is 22.3 Å². The Bertz CT molecular complexity index is 1380. The van der Waals surface area contributed by atoms with Gasteiger partial charge >= 0.3 is 5.97 Å². The van der Waals surface area contributed by atoms with Gasteiger partial charge in [-0.3, -0.25) is 9.48 Å². The Balaban J connectivity index is 1.66. The second kappa shape index (κ2) is 8.48. The van der Waals surface area contributed by atoms with E-state index in [4.69, 9.17) is 4.74 Å². The van der Waals surface area contributed by atoms with Crippen LogP contribution in [0.1, 0.15) is 27.2 Å². The van der Waals surface area contributed by atoms with Crippen LogP contribution in [0.5, 0.6) is 0 Å². The van der Waals surface area contributed by atoms with Gasteiger partial charge in [-0.2, -0.15) is 14.7 Å². The number of carbonyl (C=O) groups excluding carboxylic acids is 1. The molecule has 0 bridgehead atoms. The van der Waals surface area contributed by atoms with Crippen LogP contribution < -0.4 is 0 Å². The first-order valence-electron chi connectivity index (χ1n) is 10.9. The molecular formula is C22H27N7O4S. The quantitative estimate of drug-likeness (QED) is 0.440. The lowest BCUT2D eigenvalue weighted by molar-refractivity contribution is -0.151. The highest BCUT2D eigenvalue weighted by atomic mass is 32.2. The predicted octanol–water partition coefficient (Wildman–Crippen LogP) is 1.77. The van der Waals surface area contributed by atoms with E-state index in [1.807, 2.05) is 30.7 Å². The Hall–Kier alpha value is -3.30. The van der Waals surface area contributed by atoms with Crippen LogP contribution in [0.3, 0.4) is 0 Å². The smallest absolute Gasteiger partial charge is 0.313 e. The number of hydrogen-bond acceptors (Lipinski definition) is 8. The number of ether oxygens (including phenoxy) is 1. The average Bonchev–Trinajstić information content (AvgIpc) is 3.43. The van der Waals surface area contributed by atoms with E-state index in [1.54, 1.807) is 24.0 Å². The van der Waals surface area contributed by atoms with Gasteiger partial charge in [0, 0.05) is 43.0 Å². The SMILES string of the molecule is CCS(=O)(=O)N1CC(CC#N)(n2cc(-c3ncnc4c3ccn4CC(C)(C)C(=O)OC)cn2)C1. The minimum atomic E-state index is -3.33. The fourth-order valence-electron chi connectivity index (χ4n) is 4.31. The van der Waals surface area contributed by atoms with Crippen LogP contribution in [0.4, 0.5) is 0 Å². The average molecular weight is 486 g/mol. The minimum Gasteiger partial charge on any atom is -0.469 e. The van der Waals surface area contributed by atoms with E-state index in [0.29, 0.717) is 17.9 Å². The summed E-state index contributed by atoms with van der Waals surface area (Å²) in [6, 6.07) is 4.06. The first kappa shape index (κ1) is 23.8. The topological polar surface area (TPSA) is 136 Å². The van der Waals surface area contributed by atoms with Crippen LogP contribution in [0.15, 0.2) is 31.0 Å². The monoisotopic (exact) mass is 485 g/mol. The molecule has 34 heavy (non-hydrogen) atoms. The number of methoxy groups -OCH3 is 1. The Morgan fingerprint density at radius 2 is 2.06 bits per heavy atom. The molecule has 0 unspecified atom stereocenters. The van der Waals surface area contributed by atoms with Crippen LogP contribution in [0, 0.1) is 16.7 Å². The van der Waals surface area contributed by atoms with Gasteiger partial charge in [-0.25, -0.2) is 18.4 Å². The maximum absolute atomic E-state index is 12.2. The zero-order chi connectivity index (χ0) is 24.7. The predicted molar refractivity (Wildman–Crippen MR) is 124 cm³/mol. The maximum atomic E-state index is 12.2. The lowest BCUT2D eigenvalue weighted by Gasteiger charge is -2.47. The zero-order valence-corrected chi connectivity index (χ0v) is 20.4. The van der Waals surface area contributed by atoms with Crippen LogP contribution >= 0.6 is 0 Å². The van der Waals surface area contributed by atoms with Gasteiger partial charge in [0.2, 0.25) is 10.0 Å². The number of carbonyl (C=O) groups is 1. The molecule has 0 amide bonds. The third-order valence-electron chi connectivity index (χ3n) is 6.31. The summed E-state index contributed by atoms with van der Waals surface area (Å²) in [5.74, 6) is -0.296. The number of hydrogen-bond donors (Lipinski definition) is 0. The summed E-state index contributed by atoms with van der Waals surface area (Å²) in [5, 5.41) is 14.6. The first-order valence-corrected chi connectivity index (χ1v) is 12.5. The molecule has 1 saturated heterocycles. The number of nitriles is 1. The summed E-state index contributed by atoms with van der Waals surface area (Å²) >= 11 is 0. The molecular weight excluding hydrogens is 458 g/mol. The summed E-state index contributed by atoms with van der Waals surface area (Å²) in [6.45, 7) is 6.01. The third-order valence-corrected chi connectivity index (χ3v) is 8.08. The molecule has 180 valence electrons. The lowest BCUT2D eigenvalue weighted by atomic mass is 9.89. The molecule has 11 nitrogen and oxygen atoms in total. The fourth-order valence-corrected chi connectivity index (χ4v) is 5.55. The van der Waals surface area contributed by atoms with E-state index >= 15 is 0 Å². The second-order valence-corrected chi connectivity index (χ2v) is 11.4. The third kappa shape index (κ3) is 3.95. The second-order valence-electron chi connectivity index (χ2n) is 9.18. The maximum Gasteiger partial charge on any atom is 0.313 e. The molecule has 0 radical (unpaired) electrons. The highest BCUT2D eigenvalue weighted by Crippen LogP contribution is 2.36. The molecule has 0 aromatic carbocycles. The summed E-state index contributed by atoms with van der Waals surface area (Å²) in [6.07, 6.45) is 6.91. The van der Waals surface area contributed by atoms with Gasteiger partial charge in [0.1, 0.15) is 17.5 Å². The zero-order valence-electron chi connectivity index (χ0n) is 19.6. The molecule has 1 fully saturated rings. The van der Waals surface area contributed by atoms with E-state index in [-0.39, 0.29) is 31.2 Å². The van der Waals surface area contributed by atoms with E-state index in [9.17, 15) is 18.5 Å². The van der Waals surface area contributed by atoms with E-state index < -0.39 is 21.0 Å². The molecule has 1 aliphatic rings. The summed E-state index contributed by atoms with van der Waals surface area (Å²) in [5.41, 5.74) is 0.611. The molecule has 3 aromatic heterocycles. The Labute approximate surface area is 198 Å². The molecule has 0 saturated carbocycles. The normalized spacial score (nSPS) is 16.2. The van der Waals surface area contributed by atoms with Crippen molar-refractivity contribution in [3.8, 4) is 17.3 Å². The van der Waals surface area contributed by atoms with Crippen molar-refractivity contribution < 1.29 is 17.9 Å². The van der Waals surface area contributed by atoms with Crippen LogP contribution in [0.2, 0.25) is 0 Å². The molecule has 12 heteroatoms. The standard InChI is InChI=1S/C22H27N7O4S/c1-5-34(31,32)28-13-22(14-28,7-8-23)29-11-16(10-26-29)18-17-6-9-27(19(17)25-15-24-18)12-21(2,3)20(30)33-4/h6,9-11,15H,5,7,12-14H2,1-4H3. The van der Waals surface area contributed by atoms with Gasteiger partial charge < -0.3 is 9.30 Å². The Morgan fingerprint density at radius 3 is 2.71 bits per heavy atom. The highest BCUT2D eigenvalue weighted by molar-refractivity contribution is 7.89. The molecule has 1 aliphatic heterocycles. The highest BCUT2D eigenvalue weighted by Gasteiger charge is 2.49. The van der Waals surface area contributed by atoms with E-state index in [0.717, 1.165) is 10.9 Å². The van der Waals surface area contributed by atoms with Crippen molar-refractivity contribution in [3.05, 3.63) is 31.0 Å². The van der Waals surface area contributed by atoms with Gasteiger partial charge in [0.15, 0.2) is 0 Å². The number of fused-ring (bicyclic) bond motifs is 1. The van der Waals surface area contributed by atoms with Gasteiger partial charge in [0.25, 0.3) is 0 Å². The number of rotatable bonds is 8. The number of aromatic nitrogens is 5. The van der Waals surface area contributed by atoms with Crippen molar-refractivity contribution in [2.75, 3.05) is 26.0 Å².